The monoisotopic (exact) mass is 446 g/mol. The average Bonchev–Trinajstić information content (AvgIpc) is 3.38. The summed E-state index contributed by atoms with van der Waals surface area (Å²) in [4.78, 5) is 0. The van der Waals surface area contributed by atoms with Gasteiger partial charge in [0.15, 0.2) is 0 Å². The predicted octanol–water partition coefficient (Wildman–Crippen LogP) is 8.84. The van der Waals surface area contributed by atoms with Gasteiger partial charge in [-0.25, -0.2) is 0 Å². The third-order valence-corrected chi connectivity index (χ3v) is 7.83. The molecule has 0 fully saturated rings. The molecule has 1 atom stereocenters. The maximum atomic E-state index is 2.43. The van der Waals surface area contributed by atoms with Gasteiger partial charge in [0.2, 0.25) is 0 Å². The zero-order valence-electron chi connectivity index (χ0n) is 20.0. The normalized spacial score (nSPS) is 17.1. The maximum Gasteiger partial charge on any atom is 0.0725 e. The van der Waals surface area contributed by atoms with Crippen molar-refractivity contribution in [1.29, 1.82) is 0 Å². The van der Waals surface area contributed by atoms with E-state index in [1.54, 1.807) is 0 Å². The Morgan fingerprint density at radius 3 is 1.94 bits per heavy atom. The second kappa shape index (κ2) is 7.42. The van der Waals surface area contributed by atoms with E-state index in [2.05, 4.69) is 135 Å². The summed E-state index contributed by atoms with van der Waals surface area (Å²) < 4.78 is 0. The summed E-state index contributed by atoms with van der Waals surface area (Å²) in [7, 11) is 0. The van der Waals surface area contributed by atoms with Gasteiger partial charge >= 0.3 is 0 Å². The molecular formula is C35H26. The van der Waals surface area contributed by atoms with E-state index in [1.807, 2.05) is 0 Å². The summed E-state index contributed by atoms with van der Waals surface area (Å²) in [5.41, 5.74) is 15.6. The van der Waals surface area contributed by atoms with Gasteiger partial charge < -0.3 is 0 Å². The van der Waals surface area contributed by atoms with E-state index in [-0.39, 0.29) is 5.41 Å². The van der Waals surface area contributed by atoms with E-state index < -0.39 is 0 Å². The Labute approximate surface area is 207 Å². The summed E-state index contributed by atoms with van der Waals surface area (Å²) in [6, 6.07) is 42.9. The minimum atomic E-state index is -0.303. The number of hydrogen-bond donors (Lipinski definition) is 0. The molecule has 0 heteroatoms. The average molecular weight is 447 g/mol. The Balaban J connectivity index is 1.56. The van der Waals surface area contributed by atoms with Crippen LogP contribution >= 0.6 is 0 Å². The van der Waals surface area contributed by atoms with E-state index >= 15 is 0 Å². The van der Waals surface area contributed by atoms with Gasteiger partial charge in [-0.15, -0.1) is 0 Å². The molecule has 5 aromatic carbocycles. The molecule has 0 aliphatic heterocycles. The highest BCUT2D eigenvalue weighted by Gasteiger charge is 2.51. The highest BCUT2D eigenvalue weighted by Crippen LogP contribution is 2.62. The summed E-state index contributed by atoms with van der Waals surface area (Å²) in [5.74, 6) is 0. The lowest BCUT2D eigenvalue weighted by atomic mass is 9.68. The van der Waals surface area contributed by atoms with Gasteiger partial charge in [0.05, 0.1) is 5.41 Å². The topological polar surface area (TPSA) is 0 Å². The van der Waals surface area contributed by atoms with E-state index in [9.17, 15) is 0 Å². The minimum Gasteiger partial charge on any atom is -0.0622 e. The third-order valence-electron chi connectivity index (χ3n) is 7.83. The second-order valence-electron chi connectivity index (χ2n) is 9.94. The first kappa shape index (κ1) is 20.2. The number of fused-ring (bicyclic) bond motifs is 7. The Kier molecular flexibility index (Phi) is 4.29. The van der Waals surface area contributed by atoms with Crippen LogP contribution in [0.1, 0.15) is 38.9 Å². The number of benzene rings is 5. The minimum absolute atomic E-state index is 0.303. The molecule has 0 radical (unpaired) electrons. The van der Waals surface area contributed by atoms with Crippen molar-refractivity contribution in [2.45, 2.75) is 19.3 Å². The fourth-order valence-corrected chi connectivity index (χ4v) is 6.26. The molecule has 0 heterocycles. The van der Waals surface area contributed by atoms with Gasteiger partial charge in [-0.3, -0.25) is 0 Å². The number of aryl methyl sites for hydroxylation is 2. The molecule has 0 saturated carbocycles. The van der Waals surface area contributed by atoms with Crippen molar-refractivity contribution in [2.75, 3.05) is 0 Å². The molecule has 0 amide bonds. The van der Waals surface area contributed by atoms with E-state index in [4.69, 9.17) is 0 Å². The van der Waals surface area contributed by atoms with Crippen LogP contribution in [-0.4, -0.2) is 0 Å². The van der Waals surface area contributed by atoms with Crippen molar-refractivity contribution in [3.8, 4) is 22.3 Å². The van der Waals surface area contributed by atoms with Crippen molar-refractivity contribution in [3.05, 3.63) is 154 Å². The number of rotatable bonds is 2. The summed E-state index contributed by atoms with van der Waals surface area (Å²) in [6.45, 7) is 4.33. The standard InChI is InChI=1S/C35H26/c1-23-12-15-25(16-13-23)27-17-19-33-30(21-27)29-10-6-7-11-32(29)35(33)31-18-14-24(2)20-28(31)22-34(35)26-8-4-3-5-9-26/h3-22H,1-2H3. The zero-order chi connectivity index (χ0) is 23.6. The maximum absolute atomic E-state index is 2.43. The molecule has 0 bridgehead atoms. The van der Waals surface area contributed by atoms with Crippen LogP contribution in [0.5, 0.6) is 0 Å². The van der Waals surface area contributed by atoms with E-state index in [0.717, 1.165) is 0 Å². The van der Waals surface area contributed by atoms with Gasteiger partial charge in [-0.05, 0) is 81.6 Å². The molecule has 0 aromatic heterocycles. The SMILES string of the molecule is Cc1ccc(-c2ccc3c(c2)-c2ccccc2C32C(c3ccccc3)=Cc3cc(C)ccc32)cc1. The number of allylic oxidation sites excluding steroid dienone is 1. The highest BCUT2D eigenvalue weighted by atomic mass is 14.5. The molecule has 1 spiro atoms. The van der Waals surface area contributed by atoms with Gasteiger partial charge in [-0.1, -0.05) is 120 Å². The highest BCUT2D eigenvalue weighted by molar-refractivity contribution is 6.05. The van der Waals surface area contributed by atoms with E-state index in [1.165, 1.54) is 66.8 Å². The molecule has 7 rings (SSSR count). The van der Waals surface area contributed by atoms with Crippen LogP contribution in [0.3, 0.4) is 0 Å². The quantitative estimate of drug-likeness (QED) is 0.254. The van der Waals surface area contributed by atoms with Crippen molar-refractivity contribution < 1.29 is 0 Å². The third kappa shape index (κ3) is 2.80. The van der Waals surface area contributed by atoms with Crippen molar-refractivity contribution in [3.63, 3.8) is 0 Å². The molecule has 0 saturated heterocycles. The molecular weight excluding hydrogens is 420 g/mol. The first-order valence-electron chi connectivity index (χ1n) is 12.4. The van der Waals surface area contributed by atoms with Crippen LogP contribution in [0, 0.1) is 13.8 Å². The number of hydrogen-bond acceptors (Lipinski definition) is 0. The Bertz CT molecular complexity index is 1630. The molecule has 166 valence electrons. The fourth-order valence-electron chi connectivity index (χ4n) is 6.26. The zero-order valence-corrected chi connectivity index (χ0v) is 20.0. The molecule has 2 aliphatic carbocycles. The van der Waals surface area contributed by atoms with Gasteiger partial charge in [0, 0.05) is 0 Å². The Morgan fingerprint density at radius 1 is 0.457 bits per heavy atom. The molecule has 2 aliphatic rings. The molecule has 0 nitrogen and oxygen atoms in total. The summed E-state index contributed by atoms with van der Waals surface area (Å²) >= 11 is 0. The summed E-state index contributed by atoms with van der Waals surface area (Å²) in [5, 5.41) is 0. The second-order valence-corrected chi connectivity index (χ2v) is 9.94. The Morgan fingerprint density at radius 2 is 1.11 bits per heavy atom. The van der Waals surface area contributed by atoms with Crippen LogP contribution in [0.2, 0.25) is 0 Å². The lowest BCUT2D eigenvalue weighted by Gasteiger charge is -2.33. The van der Waals surface area contributed by atoms with Crippen LogP contribution in [0.15, 0.2) is 115 Å². The fraction of sp³-hybridized carbons (Fsp3) is 0.0857. The predicted molar refractivity (Wildman–Crippen MR) is 147 cm³/mol. The van der Waals surface area contributed by atoms with Crippen LogP contribution in [-0.2, 0) is 5.41 Å². The molecule has 0 N–H and O–H groups in total. The van der Waals surface area contributed by atoms with Gasteiger partial charge in [0.25, 0.3) is 0 Å². The van der Waals surface area contributed by atoms with Crippen molar-refractivity contribution in [1.82, 2.24) is 0 Å². The smallest absolute Gasteiger partial charge is 0.0622 e. The van der Waals surface area contributed by atoms with Crippen LogP contribution < -0.4 is 0 Å². The van der Waals surface area contributed by atoms with E-state index in [0.29, 0.717) is 0 Å². The molecule has 5 aromatic rings. The lowest BCUT2D eigenvalue weighted by Crippen LogP contribution is -2.26. The van der Waals surface area contributed by atoms with Crippen LogP contribution in [0.4, 0.5) is 0 Å². The Hall–Kier alpha value is -4.16. The molecule has 35 heavy (non-hydrogen) atoms. The van der Waals surface area contributed by atoms with Crippen molar-refractivity contribution in [2.24, 2.45) is 0 Å². The van der Waals surface area contributed by atoms with Gasteiger partial charge in [-0.2, -0.15) is 0 Å². The lowest BCUT2D eigenvalue weighted by molar-refractivity contribution is 0.841. The summed E-state index contributed by atoms with van der Waals surface area (Å²) in [6.07, 6.45) is 2.43. The van der Waals surface area contributed by atoms with Gasteiger partial charge in [0.1, 0.15) is 0 Å². The molecule has 1 unspecified atom stereocenters. The van der Waals surface area contributed by atoms with Crippen LogP contribution in [0.25, 0.3) is 33.9 Å². The first-order valence-corrected chi connectivity index (χ1v) is 12.4. The largest absolute Gasteiger partial charge is 0.0725 e. The first-order chi connectivity index (χ1) is 17.2. The van der Waals surface area contributed by atoms with Crippen molar-refractivity contribution >= 4 is 11.6 Å².